The zero-order chi connectivity index (χ0) is 19.5. The van der Waals surface area contributed by atoms with Crippen LogP contribution in [0.15, 0.2) is 46.2 Å². The van der Waals surface area contributed by atoms with Gasteiger partial charge in [-0.1, -0.05) is 11.6 Å². The van der Waals surface area contributed by atoms with Crippen LogP contribution in [-0.4, -0.2) is 37.3 Å². The number of pyridine rings is 1. The molecule has 8 nitrogen and oxygen atoms in total. The van der Waals surface area contributed by atoms with Crippen molar-refractivity contribution in [3.05, 3.63) is 57.5 Å². The lowest BCUT2D eigenvalue weighted by molar-refractivity contribution is -0.116. The first-order valence-corrected chi connectivity index (χ1v) is 9.09. The van der Waals surface area contributed by atoms with Crippen molar-refractivity contribution in [3.8, 4) is 6.07 Å². The smallest absolute Gasteiger partial charge is 0.251 e. The fraction of sp³-hybridized carbons (Fsp3) is 0.188. The molecule has 0 unspecified atom stereocenters. The van der Waals surface area contributed by atoms with Crippen molar-refractivity contribution < 1.29 is 13.2 Å². The number of rotatable bonds is 5. The van der Waals surface area contributed by atoms with Crippen LogP contribution < -0.4 is 10.9 Å². The number of anilines is 1. The van der Waals surface area contributed by atoms with Gasteiger partial charge in [0, 0.05) is 32.0 Å². The van der Waals surface area contributed by atoms with Crippen molar-refractivity contribution in [2.45, 2.75) is 11.4 Å². The van der Waals surface area contributed by atoms with Gasteiger partial charge in [0.15, 0.2) is 0 Å². The Balaban J connectivity index is 2.23. The van der Waals surface area contributed by atoms with Crippen LogP contribution in [0.3, 0.4) is 0 Å². The van der Waals surface area contributed by atoms with Crippen LogP contribution >= 0.6 is 11.6 Å². The molecule has 1 aromatic heterocycles. The topological polar surface area (TPSA) is 112 Å². The van der Waals surface area contributed by atoms with Gasteiger partial charge in [-0.2, -0.15) is 5.26 Å². The van der Waals surface area contributed by atoms with E-state index in [2.05, 4.69) is 5.32 Å². The molecule has 1 heterocycles. The zero-order valence-corrected chi connectivity index (χ0v) is 15.5. The number of nitrogens with one attached hydrogen (secondary N) is 1. The SMILES string of the molecule is CN(C)S(=O)(=O)c1ccc(=O)n(CC(=O)Nc2ccc(C#N)c(Cl)c2)c1. The average molecular weight is 395 g/mol. The van der Waals surface area contributed by atoms with E-state index >= 15 is 0 Å². The van der Waals surface area contributed by atoms with Crippen LogP contribution in [0.5, 0.6) is 0 Å². The van der Waals surface area contributed by atoms with E-state index in [1.807, 2.05) is 6.07 Å². The van der Waals surface area contributed by atoms with Gasteiger partial charge in [0.2, 0.25) is 15.9 Å². The Labute approximate surface area is 155 Å². The predicted octanol–water partition coefficient (Wildman–Crippen LogP) is 1.26. The van der Waals surface area contributed by atoms with Crippen molar-refractivity contribution in [3.63, 3.8) is 0 Å². The molecule has 0 saturated carbocycles. The van der Waals surface area contributed by atoms with Gasteiger partial charge in [-0.25, -0.2) is 12.7 Å². The highest BCUT2D eigenvalue weighted by molar-refractivity contribution is 7.89. The highest BCUT2D eigenvalue weighted by Crippen LogP contribution is 2.20. The first-order chi connectivity index (χ1) is 12.1. The Morgan fingerprint density at radius 2 is 2.00 bits per heavy atom. The standard InChI is InChI=1S/C16H15ClN4O4S/c1-20(2)26(24,25)13-5-6-16(23)21(9-13)10-15(22)19-12-4-3-11(8-18)14(17)7-12/h3-7,9H,10H2,1-2H3,(H,19,22). The van der Waals surface area contributed by atoms with E-state index in [4.69, 9.17) is 16.9 Å². The number of aromatic nitrogens is 1. The highest BCUT2D eigenvalue weighted by Gasteiger charge is 2.18. The van der Waals surface area contributed by atoms with Crippen LogP contribution in [0.2, 0.25) is 5.02 Å². The Morgan fingerprint density at radius 3 is 2.58 bits per heavy atom. The number of benzene rings is 1. The molecule has 0 aliphatic rings. The number of carbonyl (C=O) groups is 1. The molecule has 0 saturated heterocycles. The summed E-state index contributed by atoms with van der Waals surface area (Å²) < 4.78 is 26.3. The first kappa shape index (κ1) is 19.7. The summed E-state index contributed by atoms with van der Waals surface area (Å²) in [5.41, 5.74) is 0.0994. The van der Waals surface area contributed by atoms with Crippen LogP contribution in [-0.2, 0) is 21.4 Å². The molecule has 0 aliphatic heterocycles. The number of carbonyl (C=O) groups excluding carboxylic acids is 1. The van der Waals surface area contributed by atoms with E-state index in [9.17, 15) is 18.0 Å². The number of hydrogen-bond acceptors (Lipinski definition) is 5. The van der Waals surface area contributed by atoms with Crippen LogP contribution in [0, 0.1) is 11.3 Å². The fourth-order valence-corrected chi connectivity index (χ4v) is 3.18. The molecular formula is C16H15ClN4O4S. The molecule has 26 heavy (non-hydrogen) atoms. The summed E-state index contributed by atoms with van der Waals surface area (Å²) in [6.45, 7) is -0.382. The Kier molecular flexibility index (Phi) is 5.82. The van der Waals surface area contributed by atoms with E-state index in [1.54, 1.807) is 0 Å². The van der Waals surface area contributed by atoms with Crippen LogP contribution in [0.4, 0.5) is 5.69 Å². The van der Waals surface area contributed by atoms with Crippen molar-refractivity contribution in [2.24, 2.45) is 0 Å². The monoisotopic (exact) mass is 394 g/mol. The normalized spacial score (nSPS) is 11.2. The third-order valence-corrected chi connectivity index (χ3v) is 5.53. The molecule has 0 aliphatic carbocycles. The molecule has 136 valence electrons. The summed E-state index contributed by atoms with van der Waals surface area (Å²) >= 11 is 5.90. The molecule has 1 aromatic carbocycles. The molecule has 10 heteroatoms. The molecule has 0 radical (unpaired) electrons. The lowest BCUT2D eigenvalue weighted by atomic mass is 10.2. The lowest BCUT2D eigenvalue weighted by Gasteiger charge is -2.13. The lowest BCUT2D eigenvalue weighted by Crippen LogP contribution is -2.29. The summed E-state index contributed by atoms with van der Waals surface area (Å²) in [5.74, 6) is -0.549. The van der Waals surface area contributed by atoms with Crippen molar-refractivity contribution in [1.82, 2.24) is 8.87 Å². The summed E-state index contributed by atoms with van der Waals surface area (Å²) in [4.78, 5) is 24.0. The van der Waals surface area contributed by atoms with Crippen molar-refractivity contribution >= 4 is 33.2 Å². The van der Waals surface area contributed by atoms with Gasteiger partial charge in [0.1, 0.15) is 12.6 Å². The van der Waals surface area contributed by atoms with Gasteiger partial charge in [-0.05, 0) is 24.3 Å². The molecule has 0 spiro atoms. The minimum absolute atomic E-state index is 0.101. The maximum absolute atomic E-state index is 12.2. The molecule has 2 rings (SSSR count). The van der Waals surface area contributed by atoms with E-state index in [0.717, 1.165) is 21.1 Å². The molecule has 0 atom stereocenters. The number of nitrogens with zero attached hydrogens (tertiary/aromatic N) is 3. The predicted molar refractivity (Wildman–Crippen MR) is 96.4 cm³/mol. The van der Waals surface area contributed by atoms with Crippen molar-refractivity contribution in [2.75, 3.05) is 19.4 Å². The van der Waals surface area contributed by atoms with Gasteiger partial charge in [0.05, 0.1) is 15.5 Å². The van der Waals surface area contributed by atoms with Gasteiger partial charge < -0.3 is 9.88 Å². The van der Waals surface area contributed by atoms with Gasteiger partial charge >= 0.3 is 0 Å². The minimum atomic E-state index is -3.73. The van der Waals surface area contributed by atoms with Crippen LogP contribution in [0.1, 0.15) is 5.56 Å². The van der Waals surface area contributed by atoms with E-state index in [1.165, 1.54) is 38.4 Å². The molecule has 0 fully saturated rings. The number of amides is 1. The number of hydrogen-bond donors (Lipinski definition) is 1. The zero-order valence-electron chi connectivity index (χ0n) is 13.9. The quantitative estimate of drug-likeness (QED) is 0.820. The molecule has 0 bridgehead atoms. The van der Waals surface area contributed by atoms with Gasteiger partial charge in [-0.3, -0.25) is 9.59 Å². The van der Waals surface area contributed by atoms with Crippen molar-refractivity contribution in [1.29, 1.82) is 5.26 Å². The summed E-state index contributed by atoms with van der Waals surface area (Å²) in [5, 5.41) is 11.6. The average Bonchev–Trinajstić information content (AvgIpc) is 2.56. The maximum Gasteiger partial charge on any atom is 0.251 e. The molecule has 1 N–H and O–H groups in total. The van der Waals surface area contributed by atoms with E-state index in [0.29, 0.717) is 5.69 Å². The second-order valence-corrected chi connectivity index (χ2v) is 8.03. The first-order valence-electron chi connectivity index (χ1n) is 7.27. The molecule has 1 amide bonds. The Bertz CT molecular complexity index is 1050. The fourth-order valence-electron chi connectivity index (χ4n) is 2.04. The number of halogens is 1. The highest BCUT2D eigenvalue weighted by atomic mass is 35.5. The summed E-state index contributed by atoms with van der Waals surface area (Å²) in [7, 11) is -0.996. The Hall–Kier alpha value is -2.67. The number of nitriles is 1. The minimum Gasteiger partial charge on any atom is -0.324 e. The largest absolute Gasteiger partial charge is 0.324 e. The summed E-state index contributed by atoms with van der Waals surface area (Å²) in [6.07, 6.45) is 1.11. The third kappa shape index (κ3) is 4.29. The third-order valence-electron chi connectivity index (χ3n) is 3.42. The maximum atomic E-state index is 12.2. The Morgan fingerprint density at radius 1 is 1.31 bits per heavy atom. The van der Waals surface area contributed by atoms with E-state index < -0.39 is 21.5 Å². The van der Waals surface area contributed by atoms with E-state index in [-0.39, 0.29) is 22.0 Å². The van der Waals surface area contributed by atoms with Gasteiger partial charge in [0.25, 0.3) is 5.56 Å². The second kappa shape index (κ2) is 7.70. The molecular weight excluding hydrogens is 380 g/mol. The second-order valence-electron chi connectivity index (χ2n) is 5.47. The summed E-state index contributed by atoms with van der Waals surface area (Å²) in [6, 6.07) is 8.54. The number of sulfonamides is 1. The van der Waals surface area contributed by atoms with Crippen LogP contribution in [0.25, 0.3) is 0 Å². The molecule has 2 aromatic rings. The van der Waals surface area contributed by atoms with Gasteiger partial charge in [-0.15, -0.1) is 0 Å².